The Kier molecular flexibility index (Phi) is 4.66. The molecule has 3 rings (SSSR count). The van der Waals surface area contributed by atoms with Gasteiger partial charge in [-0.25, -0.2) is 0 Å². The predicted molar refractivity (Wildman–Crippen MR) is 96.8 cm³/mol. The van der Waals surface area contributed by atoms with Gasteiger partial charge in [-0.1, -0.05) is 18.2 Å². The van der Waals surface area contributed by atoms with E-state index in [9.17, 15) is 0 Å². The molecule has 0 aliphatic heterocycles. The number of pyridine rings is 1. The molecule has 122 valence electrons. The zero-order chi connectivity index (χ0) is 16.9. The number of hydrogen-bond acceptors (Lipinski definition) is 4. The fraction of sp³-hybridized carbons (Fsp3) is 0.150. The van der Waals surface area contributed by atoms with Crippen LogP contribution in [0.5, 0.6) is 17.2 Å². The monoisotopic (exact) mass is 321 g/mol. The van der Waals surface area contributed by atoms with Gasteiger partial charge in [-0.3, -0.25) is 4.98 Å². The van der Waals surface area contributed by atoms with Gasteiger partial charge < -0.3 is 14.2 Å². The highest BCUT2D eigenvalue weighted by molar-refractivity contribution is 5.93. The second-order valence-electron chi connectivity index (χ2n) is 5.23. The predicted octanol–water partition coefficient (Wildman–Crippen LogP) is 4.43. The van der Waals surface area contributed by atoms with Crippen LogP contribution in [-0.2, 0) is 0 Å². The zero-order valence-corrected chi connectivity index (χ0v) is 13.9. The van der Waals surface area contributed by atoms with Gasteiger partial charge >= 0.3 is 0 Å². The Labute approximate surface area is 141 Å². The normalized spacial score (nSPS) is 11.0. The summed E-state index contributed by atoms with van der Waals surface area (Å²) < 4.78 is 15.9. The first-order chi connectivity index (χ1) is 11.7. The Morgan fingerprint density at radius 1 is 0.792 bits per heavy atom. The first kappa shape index (κ1) is 15.9. The number of aromatic nitrogens is 1. The van der Waals surface area contributed by atoms with Crippen molar-refractivity contribution in [1.82, 2.24) is 4.98 Å². The summed E-state index contributed by atoms with van der Waals surface area (Å²) in [5.41, 5.74) is 1.96. The minimum absolute atomic E-state index is 0.692. The maximum atomic E-state index is 5.40. The molecule has 0 spiro atoms. The summed E-state index contributed by atoms with van der Waals surface area (Å²) in [7, 11) is 4.93. The van der Waals surface area contributed by atoms with Crippen molar-refractivity contribution in [3.8, 4) is 17.2 Å². The van der Waals surface area contributed by atoms with Gasteiger partial charge in [-0.05, 0) is 47.4 Å². The van der Waals surface area contributed by atoms with Gasteiger partial charge in [0, 0.05) is 11.6 Å². The molecule has 0 saturated heterocycles. The van der Waals surface area contributed by atoms with Crippen molar-refractivity contribution in [3.05, 3.63) is 59.9 Å². The molecule has 0 aliphatic rings. The van der Waals surface area contributed by atoms with Crippen LogP contribution in [0, 0.1) is 0 Å². The largest absolute Gasteiger partial charge is 0.497 e. The third-order valence-corrected chi connectivity index (χ3v) is 3.85. The van der Waals surface area contributed by atoms with Crippen LogP contribution < -0.4 is 14.2 Å². The number of ether oxygens (including phenoxy) is 3. The van der Waals surface area contributed by atoms with Crippen molar-refractivity contribution in [2.24, 2.45) is 0 Å². The van der Waals surface area contributed by atoms with Gasteiger partial charge in [0.05, 0.1) is 27.0 Å². The smallest absolute Gasteiger partial charge is 0.161 e. The number of benzene rings is 2. The van der Waals surface area contributed by atoms with Gasteiger partial charge in [-0.15, -0.1) is 0 Å². The molecule has 0 bridgehead atoms. The van der Waals surface area contributed by atoms with Crippen molar-refractivity contribution in [3.63, 3.8) is 0 Å². The molecule has 0 fully saturated rings. The van der Waals surface area contributed by atoms with Crippen molar-refractivity contribution in [1.29, 1.82) is 0 Å². The molecule has 0 aliphatic carbocycles. The van der Waals surface area contributed by atoms with Crippen LogP contribution in [-0.4, -0.2) is 26.3 Å². The van der Waals surface area contributed by atoms with E-state index in [1.54, 1.807) is 27.5 Å². The summed E-state index contributed by atoms with van der Waals surface area (Å²) in [4.78, 5) is 4.48. The Balaban J connectivity index is 2.00. The maximum Gasteiger partial charge on any atom is 0.161 e. The van der Waals surface area contributed by atoms with Crippen molar-refractivity contribution < 1.29 is 14.2 Å². The Morgan fingerprint density at radius 2 is 1.50 bits per heavy atom. The highest BCUT2D eigenvalue weighted by Crippen LogP contribution is 2.33. The number of fused-ring (bicyclic) bond motifs is 1. The SMILES string of the molecule is COc1ccc(/C=C/c2nccc3cc(OC)c(OC)cc23)cc1. The molecule has 0 atom stereocenters. The van der Waals surface area contributed by atoms with E-state index < -0.39 is 0 Å². The number of methoxy groups -OCH3 is 3. The van der Waals surface area contributed by atoms with Crippen LogP contribution in [0.3, 0.4) is 0 Å². The van der Waals surface area contributed by atoms with E-state index in [2.05, 4.69) is 4.98 Å². The van der Waals surface area contributed by atoms with Gasteiger partial charge in [0.25, 0.3) is 0 Å². The van der Waals surface area contributed by atoms with Crippen LogP contribution >= 0.6 is 0 Å². The summed E-state index contributed by atoms with van der Waals surface area (Å²) >= 11 is 0. The summed E-state index contributed by atoms with van der Waals surface area (Å²) in [5, 5.41) is 2.07. The highest BCUT2D eigenvalue weighted by Gasteiger charge is 2.08. The highest BCUT2D eigenvalue weighted by atomic mass is 16.5. The van der Waals surface area contributed by atoms with Crippen LogP contribution in [0.25, 0.3) is 22.9 Å². The lowest BCUT2D eigenvalue weighted by atomic mass is 10.1. The van der Waals surface area contributed by atoms with E-state index in [-0.39, 0.29) is 0 Å². The second-order valence-corrected chi connectivity index (χ2v) is 5.23. The standard InChI is InChI=1S/C20H19NO3/c1-22-16-7-4-14(5-8-16)6-9-18-17-13-20(24-3)19(23-2)12-15(17)10-11-21-18/h4-13H,1-3H3/b9-6+. The molecule has 24 heavy (non-hydrogen) atoms. The average molecular weight is 321 g/mol. The zero-order valence-electron chi connectivity index (χ0n) is 13.9. The number of rotatable bonds is 5. The molecule has 0 radical (unpaired) electrons. The molecule has 1 heterocycles. The fourth-order valence-corrected chi connectivity index (χ4v) is 2.54. The molecule has 2 aromatic carbocycles. The van der Waals surface area contributed by atoms with E-state index in [0.29, 0.717) is 11.5 Å². The van der Waals surface area contributed by atoms with E-state index in [1.165, 1.54) is 0 Å². The third-order valence-electron chi connectivity index (χ3n) is 3.85. The third kappa shape index (κ3) is 3.18. The van der Waals surface area contributed by atoms with Gasteiger partial charge in [0.1, 0.15) is 5.75 Å². The molecular formula is C20H19NO3. The van der Waals surface area contributed by atoms with Crippen molar-refractivity contribution >= 4 is 22.9 Å². The lowest BCUT2D eigenvalue weighted by Crippen LogP contribution is -1.92. The molecule has 0 unspecified atom stereocenters. The van der Waals surface area contributed by atoms with Gasteiger partial charge in [-0.2, -0.15) is 0 Å². The molecule has 0 amide bonds. The molecule has 1 aromatic heterocycles. The molecule has 0 N–H and O–H groups in total. The lowest BCUT2D eigenvalue weighted by molar-refractivity contribution is 0.356. The Morgan fingerprint density at radius 3 is 2.17 bits per heavy atom. The van der Waals surface area contributed by atoms with E-state index in [1.807, 2.05) is 54.6 Å². The van der Waals surface area contributed by atoms with Crippen molar-refractivity contribution in [2.75, 3.05) is 21.3 Å². The molecule has 3 aromatic rings. The maximum absolute atomic E-state index is 5.40. The van der Waals surface area contributed by atoms with Crippen LogP contribution in [0.1, 0.15) is 11.3 Å². The first-order valence-corrected chi connectivity index (χ1v) is 7.58. The van der Waals surface area contributed by atoms with E-state index >= 15 is 0 Å². The Hall–Kier alpha value is -3.01. The van der Waals surface area contributed by atoms with Gasteiger partial charge in [0.2, 0.25) is 0 Å². The molecular weight excluding hydrogens is 302 g/mol. The fourth-order valence-electron chi connectivity index (χ4n) is 2.54. The molecule has 4 heteroatoms. The van der Waals surface area contributed by atoms with Gasteiger partial charge in [0.15, 0.2) is 11.5 Å². The second kappa shape index (κ2) is 7.04. The van der Waals surface area contributed by atoms with Crippen molar-refractivity contribution in [2.45, 2.75) is 0 Å². The first-order valence-electron chi connectivity index (χ1n) is 7.58. The van der Waals surface area contributed by atoms with Crippen LogP contribution in [0.15, 0.2) is 48.7 Å². The topological polar surface area (TPSA) is 40.6 Å². The van der Waals surface area contributed by atoms with E-state index in [0.717, 1.165) is 27.8 Å². The van der Waals surface area contributed by atoms with E-state index in [4.69, 9.17) is 14.2 Å². The number of nitrogens with zero attached hydrogens (tertiary/aromatic N) is 1. The lowest BCUT2D eigenvalue weighted by Gasteiger charge is -2.10. The summed E-state index contributed by atoms with van der Waals surface area (Å²) in [5.74, 6) is 2.24. The summed E-state index contributed by atoms with van der Waals surface area (Å²) in [6.07, 6.45) is 5.82. The average Bonchev–Trinajstić information content (AvgIpc) is 2.65. The quantitative estimate of drug-likeness (QED) is 0.697. The summed E-state index contributed by atoms with van der Waals surface area (Å²) in [6.45, 7) is 0. The number of hydrogen-bond donors (Lipinski definition) is 0. The molecule has 4 nitrogen and oxygen atoms in total. The minimum atomic E-state index is 0.692. The minimum Gasteiger partial charge on any atom is -0.497 e. The van der Waals surface area contributed by atoms with Crippen LogP contribution in [0.2, 0.25) is 0 Å². The summed E-state index contributed by atoms with van der Waals surface area (Å²) in [6, 6.07) is 13.7. The van der Waals surface area contributed by atoms with Crippen LogP contribution in [0.4, 0.5) is 0 Å². The molecule has 0 saturated carbocycles. The Bertz CT molecular complexity index is 870.